The molecule has 5 rings (SSSR count). The lowest BCUT2D eigenvalue weighted by molar-refractivity contribution is 0.449. The van der Waals surface area contributed by atoms with Crippen molar-refractivity contribution < 1.29 is 5.11 Å². The van der Waals surface area contributed by atoms with Gasteiger partial charge in [-0.3, -0.25) is 15.2 Å². The van der Waals surface area contributed by atoms with Gasteiger partial charge in [0, 0.05) is 22.7 Å². The fourth-order valence-electron chi connectivity index (χ4n) is 3.43. The molecule has 0 fully saturated rings. The smallest absolute Gasteiger partial charge is 0.260 e. The van der Waals surface area contributed by atoms with Gasteiger partial charge in [-0.15, -0.1) is 0 Å². The highest BCUT2D eigenvalue weighted by Crippen LogP contribution is 2.22. The molecular formula is C21H15N5O2. The predicted molar refractivity (Wildman–Crippen MR) is 107 cm³/mol. The predicted octanol–water partition coefficient (Wildman–Crippen LogP) is 1.77. The number of rotatable bonds is 2. The zero-order valence-electron chi connectivity index (χ0n) is 14.6. The molecule has 0 bridgehead atoms. The van der Waals surface area contributed by atoms with Gasteiger partial charge in [0.1, 0.15) is 10.9 Å². The first kappa shape index (κ1) is 16.1. The summed E-state index contributed by atoms with van der Waals surface area (Å²) in [7, 11) is 0. The number of nitrogens with one attached hydrogen (secondary N) is 3. The largest absolute Gasteiger partial charge is 0.494 e. The van der Waals surface area contributed by atoms with Crippen molar-refractivity contribution in [2.24, 2.45) is 5.10 Å². The van der Waals surface area contributed by atoms with Crippen LogP contribution in [0.2, 0.25) is 0 Å². The minimum Gasteiger partial charge on any atom is -0.494 e. The van der Waals surface area contributed by atoms with Crippen molar-refractivity contribution in [1.29, 1.82) is 5.41 Å². The Morgan fingerprint density at radius 3 is 2.64 bits per heavy atom. The monoisotopic (exact) mass is 369 g/mol. The van der Waals surface area contributed by atoms with Gasteiger partial charge in [0.15, 0.2) is 5.84 Å². The van der Waals surface area contributed by atoms with Crippen LogP contribution < -0.4 is 21.1 Å². The quantitative estimate of drug-likeness (QED) is 0.432. The molecule has 4 N–H and O–H groups in total. The van der Waals surface area contributed by atoms with Crippen molar-refractivity contribution in [2.75, 3.05) is 5.01 Å². The maximum Gasteiger partial charge on any atom is 0.260 e. The molecule has 3 heterocycles. The molecule has 136 valence electrons. The summed E-state index contributed by atoms with van der Waals surface area (Å²) in [6.07, 6.45) is 3.54. The van der Waals surface area contributed by atoms with Crippen molar-refractivity contribution in [3.63, 3.8) is 0 Å². The number of pyridine rings is 1. The summed E-state index contributed by atoms with van der Waals surface area (Å²) in [4.78, 5) is 18.2. The average Bonchev–Trinajstić information content (AvgIpc) is 3.27. The molecule has 2 aromatic carbocycles. The zero-order chi connectivity index (χ0) is 19.3. The van der Waals surface area contributed by atoms with Gasteiger partial charge < -0.3 is 10.1 Å². The van der Waals surface area contributed by atoms with Gasteiger partial charge in [-0.1, -0.05) is 36.4 Å². The molecule has 0 atom stereocenters. The Morgan fingerprint density at radius 1 is 1.07 bits per heavy atom. The van der Waals surface area contributed by atoms with E-state index in [1.807, 2.05) is 60.8 Å². The van der Waals surface area contributed by atoms with E-state index in [0.717, 1.165) is 16.5 Å². The Bertz CT molecular complexity index is 1420. The topological polar surface area (TPSA) is 108 Å². The second-order valence-corrected chi connectivity index (χ2v) is 6.47. The van der Waals surface area contributed by atoms with E-state index in [0.29, 0.717) is 10.9 Å². The van der Waals surface area contributed by atoms with E-state index in [2.05, 4.69) is 15.1 Å². The SMILES string of the molecule is N=C1c2c(O)[nH]c(=O)/c(=C/c3c[nH]c4ccccc34)c2=NN1c1ccccc1. The number of fused-ring (bicyclic) bond motifs is 2. The summed E-state index contributed by atoms with van der Waals surface area (Å²) >= 11 is 0. The third-order valence-corrected chi connectivity index (χ3v) is 4.78. The van der Waals surface area contributed by atoms with Crippen LogP contribution in [0.3, 0.4) is 0 Å². The summed E-state index contributed by atoms with van der Waals surface area (Å²) in [5.74, 6) is -0.355. The summed E-state index contributed by atoms with van der Waals surface area (Å²) in [5, 5.41) is 26.1. The molecule has 7 heteroatoms. The lowest BCUT2D eigenvalue weighted by Gasteiger charge is -2.13. The van der Waals surface area contributed by atoms with Gasteiger partial charge in [0.25, 0.3) is 5.56 Å². The van der Waals surface area contributed by atoms with Crippen molar-refractivity contribution in [1.82, 2.24) is 9.97 Å². The van der Waals surface area contributed by atoms with E-state index in [1.165, 1.54) is 5.01 Å². The first-order valence-electron chi connectivity index (χ1n) is 8.69. The Morgan fingerprint density at radius 2 is 1.82 bits per heavy atom. The molecular weight excluding hydrogens is 354 g/mol. The number of nitrogens with zero attached hydrogens (tertiary/aromatic N) is 2. The van der Waals surface area contributed by atoms with E-state index in [4.69, 9.17) is 5.41 Å². The first-order valence-corrected chi connectivity index (χ1v) is 8.69. The first-order chi connectivity index (χ1) is 13.6. The Kier molecular flexibility index (Phi) is 3.42. The van der Waals surface area contributed by atoms with Crippen molar-refractivity contribution >= 4 is 28.5 Å². The minimum absolute atomic E-state index is 0.00327. The van der Waals surface area contributed by atoms with Gasteiger partial charge >= 0.3 is 0 Å². The molecule has 2 aromatic heterocycles. The van der Waals surface area contributed by atoms with Crippen molar-refractivity contribution in [3.8, 4) is 5.88 Å². The van der Waals surface area contributed by atoms with Crippen molar-refractivity contribution in [3.05, 3.63) is 92.9 Å². The Hall–Kier alpha value is -4.13. The third kappa shape index (κ3) is 2.34. The Balaban J connectivity index is 1.80. The van der Waals surface area contributed by atoms with E-state index >= 15 is 0 Å². The molecule has 4 aromatic rings. The van der Waals surface area contributed by atoms with Gasteiger partial charge in [-0.2, -0.15) is 5.10 Å². The minimum atomic E-state index is -0.465. The fourth-order valence-corrected chi connectivity index (χ4v) is 3.43. The summed E-state index contributed by atoms with van der Waals surface area (Å²) in [6, 6.07) is 16.9. The summed E-state index contributed by atoms with van der Waals surface area (Å²) < 4.78 is 0. The number of aromatic hydroxyl groups is 1. The van der Waals surface area contributed by atoms with Crippen LogP contribution in [-0.4, -0.2) is 20.9 Å². The van der Waals surface area contributed by atoms with Crippen LogP contribution in [0.25, 0.3) is 17.0 Å². The maximum absolute atomic E-state index is 12.6. The third-order valence-electron chi connectivity index (χ3n) is 4.78. The number of benzene rings is 2. The lowest BCUT2D eigenvalue weighted by atomic mass is 10.1. The fraction of sp³-hybridized carbons (Fsp3) is 0. The van der Waals surface area contributed by atoms with Crippen LogP contribution in [-0.2, 0) is 0 Å². The number of hydrogen-bond acceptors (Lipinski definition) is 4. The standard InChI is InChI=1S/C21H15N5O2/c22-19-17-18(25-26(19)13-6-2-1-3-7-13)15(20(27)24-21(17)28)10-12-11-23-16-9-5-4-8-14(12)16/h1-11,22-23,28H,(H,24,27)/b15-10+,22-19?. The van der Waals surface area contributed by atoms with Crippen LogP contribution in [0, 0.1) is 5.41 Å². The number of aromatic amines is 2. The Labute approximate surface area is 158 Å². The van der Waals surface area contributed by atoms with Gasteiger partial charge in [-0.25, -0.2) is 5.01 Å². The van der Waals surface area contributed by atoms with Crippen molar-refractivity contribution in [2.45, 2.75) is 0 Å². The maximum atomic E-state index is 12.6. The summed E-state index contributed by atoms with van der Waals surface area (Å²) in [5.41, 5.74) is 2.20. The molecule has 1 aliphatic rings. The average molecular weight is 369 g/mol. The number of amidine groups is 1. The second-order valence-electron chi connectivity index (χ2n) is 6.47. The highest BCUT2D eigenvalue weighted by Gasteiger charge is 2.26. The highest BCUT2D eigenvalue weighted by atomic mass is 16.3. The van der Waals surface area contributed by atoms with Crippen LogP contribution in [0.4, 0.5) is 5.69 Å². The van der Waals surface area contributed by atoms with Crippen LogP contribution in [0.5, 0.6) is 5.88 Å². The molecule has 1 aliphatic heterocycles. The van der Waals surface area contributed by atoms with Crippen LogP contribution >= 0.6 is 0 Å². The molecule has 0 spiro atoms. The molecule has 0 saturated carbocycles. The van der Waals surface area contributed by atoms with E-state index < -0.39 is 5.56 Å². The summed E-state index contributed by atoms with van der Waals surface area (Å²) in [6.45, 7) is 0. The number of aromatic nitrogens is 2. The number of hydrogen-bond donors (Lipinski definition) is 4. The molecule has 7 nitrogen and oxygen atoms in total. The van der Waals surface area contributed by atoms with E-state index in [1.54, 1.807) is 6.08 Å². The molecule has 0 radical (unpaired) electrons. The van der Waals surface area contributed by atoms with Crippen LogP contribution in [0.1, 0.15) is 11.1 Å². The molecule has 0 aliphatic carbocycles. The number of H-pyrrole nitrogens is 2. The van der Waals surface area contributed by atoms with Crippen LogP contribution in [0.15, 0.2) is 70.7 Å². The second kappa shape index (κ2) is 5.95. The van der Waals surface area contributed by atoms with Gasteiger partial charge in [-0.05, 0) is 24.3 Å². The molecule has 0 amide bonds. The number of anilines is 1. The molecule has 0 saturated heterocycles. The van der Waals surface area contributed by atoms with E-state index in [-0.39, 0.29) is 22.6 Å². The van der Waals surface area contributed by atoms with E-state index in [9.17, 15) is 9.90 Å². The lowest BCUT2D eigenvalue weighted by Crippen LogP contribution is -2.42. The molecule has 0 unspecified atom stereocenters. The van der Waals surface area contributed by atoms with Gasteiger partial charge in [0.05, 0.1) is 10.9 Å². The highest BCUT2D eigenvalue weighted by molar-refractivity contribution is 6.10. The molecule has 28 heavy (non-hydrogen) atoms. The normalized spacial score (nSPS) is 13.8. The van der Waals surface area contributed by atoms with Gasteiger partial charge in [0.2, 0.25) is 5.88 Å². The number of para-hydroxylation sites is 2. The zero-order valence-corrected chi connectivity index (χ0v) is 14.6.